The predicted molar refractivity (Wildman–Crippen MR) is 74.4 cm³/mol. The van der Waals surface area contributed by atoms with Crippen LogP contribution in [-0.2, 0) is 0 Å². The zero-order chi connectivity index (χ0) is 13.7. The van der Waals surface area contributed by atoms with E-state index in [0.29, 0.717) is 12.1 Å². The van der Waals surface area contributed by atoms with Crippen LogP contribution < -0.4 is 15.8 Å². The SMILES string of the molecule is O=C(NCC[NH+]1CCCCC1)c1coc(=O)c(Br)c1. The molecule has 0 aromatic carbocycles. The molecule has 0 aliphatic carbocycles. The van der Waals surface area contributed by atoms with Crippen LogP contribution in [0.5, 0.6) is 0 Å². The van der Waals surface area contributed by atoms with Gasteiger partial charge in [-0.25, -0.2) is 4.79 Å². The number of rotatable bonds is 4. The summed E-state index contributed by atoms with van der Waals surface area (Å²) in [5.74, 6) is -0.208. The second-order valence-corrected chi connectivity index (χ2v) is 5.64. The van der Waals surface area contributed by atoms with Crippen molar-refractivity contribution in [2.45, 2.75) is 19.3 Å². The maximum atomic E-state index is 11.8. The summed E-state index contributed by atoms with van der Waals surface area (Å²) < 4.78 is 5.00. The van der Waals surface area contributed by atoms with Crippen LogP contribution in [0.1, 0.15) is 29.6 Å². The van der Waals surface area contributed by atoms with Gasteiger partial charge in [-0.3, -0.25) is 4.79 Å². The molecule has 0 spiro atoms. The van der Waals surface area contributed by atoms with Crippen LogP contribution in [0.2, 0.25) is 0 Å². The zero-order valence-corrected chi connectivity index (χ0v) is 12.3. The Labute approximate surface area is 120 Å². The third-order valence-corrected chi connectivity index (χ3v) is 3.91. The van der Waals surface area contributed by atoms with Crippen molar-refractivity contribution in [3.8, 4) is 0 Å². The predicted octanol–water partition coefficient (Wildman–Crippen LogP) is 0.201. The van der Waals surface area contributed by atoms with Crippen LogP contribution in [-0.4, -0.2) is 32.1 Å². The van der Waals surface area contributed by atoms with Crippen molar-refractivity contribution in [1.82, 2.24) is 5.32 Å². The van der Waals surface area contributed by atoms with E-state index in [1.807, 2.05) is 0 Å². The Balaban J connectivity index is 1.80. The molecule has 0 atom stereocenters. The van der Waals surface area contributed by atoms with Gasteiger partial charge >= 0.3 is 5.63 Å². The summed E-state index contributed by atoms with van der Waals surface area (Å²) in [6.07, 6.45) is 5.07. The third-order valence-electron chi connectivity index (χ3n) is 3.36. The molecule has 2 rings (SSSR count). The van der Waals surface area contributed by atoms with Gasteiger partial charge in [-0.15, -0.1) is 0 Å². The molecule has 2 N–H and O–H groups in total. The molecule has 0 saturated carbocycles. The number of hydrogen-bond donors (Lipinski definition) is 2. The van der Waals surface area contributed by atoms with Gasteiger partial charge in [-0.2, -0.15) is 0 Å². The molecule has 0 bridgehead atoms. The van der Waals surface area contributed by atoms with Crippen molar-refractivity contribution >= 4 is 21.8 Å². The molecule has 104 valence electrons. The van der Waals surface area contributed by atoms with Crippen LogP contribution in [0, 0.1) is 0 Å². The highest BCUT2D eigenvalue weighted by atomic mass is 79.9. The van der Waals surface area contributed by atoms with E-state index in [9.17, 15) is 9.59 Å². The summed E-state index contributed by atoms with van der Waals surface area (Å²) in [4.78, 5) is 24.5. The maximum Gasteiger partial charge on any atom is 0.350 e. The van der Waals surface area contributed by atoms with Crippen LogP contribution in [0.4, 0.5) is 0 Å². The summed E-state index contributed by atoms with van der Waals surface area (Å²) in [5.41, 5.74) is -0.116. The normalized spacial score (nSPS) is 16.3. The average Bonchev–Trinajstić information content (AvgIpc) is 2.43. The van der Waals surface area contributed by atoms with E-state index in [2.05, 4.69) is 21.2 Å². The number of nitrogens with one attached hydrogen (secondary N) is 2. The largest absolute Gasteiger partial charge is 0.430 e. The lowest BCUT2D eigenvalue weighted by molar-refractivity contribution is -0.903. The van der Waals surface area contributed by atoms with Gasteiger partial charge in [-0.05, 0) is 41.3 Å². The summed E-state index contributed by atoms with van der Waals surface area (Å²) in [6, 6.07) is 1.48. The van der Waals surface area contributed by atoms with E-state index in [1.165, 1.54) is 44.7 Å². The highest BCUT2D eigenvalue weighted by Crippen LogP contribution is 2.06. The Bertz CT molecular complexity index is 495. The fraction of sp³-hybridized carbons (Fsp3) is 0.538. The van der Waals surface area contributed by atoms with Crippen molar-refractivity contribution in [1.29, 1.82) is 0 Å². The molecular weight excluding hydrogens is 312 g/mol. The maximum absolute atomic E-state index is 11.8. The molecule has 1 aromatic rings. The minimum absolute atomic E-state index is 0.208. The number of hydrogen-bond acceptors (Lipinski definition) is 3. The minimum Gasteiger partial charge on any atom is -0.430 e. The van der Waals surface area contributed by atoms with Gasteiger partial charge in [0.15, 0.2) is 0 Å². The van der Waals surface area contributed by atoms with Crippen molar-refractivity contribution < 1.29 is 14.1 Å². The van der Waals surface area contributed by atoms with Gasteiger partial charge in [0.25, 0.3) is 5.91 Å². The topological polar surface area (TPSA) is 63.8 Å². The lowest BCUT2D eigenvalue weighted by atomic mass is 10.1. The Kier molecular flexibility index (Phi) is 5.15. The van der Waals surface area contributed by atoms with Gasteiger partial charge in [-0.1, -0.05) is 0 Å². The number of carbonyl (C=O) groups excluding carboxylic acids is 1. The van der Waals surface area contributed by atoms with Gasteiger partial charge in [0, 0.05) is 0 Å². The molecule has 1 amide bonds. The number of quaternary nitrogens is 1. The molecule has 6 heteroatoms. The van der Waals surface area contributed by atoms with Crippen molar-refractivity contribution in [2.24, 2.45) is 0 Å². The van der Waals surface area contributed by atoms with E-state index in [-0.39, 0.29) is 10.4 Å². The highest BCUT2D eigenvalue weighted by molar-refractivity contribution is 9.10. The first-order valence-corrected chi connectivity index (χ1v) is 7.36. The quantitative estimate of drug-likeness (QED) is 0.829. The van der Waals surface area contributed by atoms with E-state index in [1.54, 1.807) is 4.90 Å². The molecule has 1 aliphatic heterocycles. The smallest absolute Gasteiger partial charge is 0.350 e. The lowest BCUT2D eigenvalue weighted by Crippen LogP contribution is -3.13. The summed E-state index contributed by atoms with van der Waals surface area (Å²) in [6.45, 7) is 3.98. The Morgan fingerprint density at radius 1 is 1.37 bits per heavy atom. The summed E-state index contributed by atoms with van der Waals surface area (Å²) in [7, 11) is 0. The molecular formula is C13H18BrN2O3+. The van der Waals surface area contributed by atoms with Crippen LogP contribution in [0.15, 0.2) is 26.0 Å². The van der Waals surface area contributed by atoms with E-state index in [4.69, 9.17) is 4.42 Å². The summed E-state index contributed by atoms with van der Waals surface area (Å²) in [5, 5.41) is 2.85. The number of amides is 1. The first-order chi connectivity index (χ1) is 9.16. The fourth-order valence-corrected chi connectivity index (χ4v) is 2.62. The van der Waals surface area contributed by atoms with Crippen LogP contribution >= 0.6 is 15.9 Å². The van der Waals surface area contributed by atoms with E-state index < -0.39 is 5.63 Å². The number of likely N-dealkylation sites (tertiary alicyclic amines) is 1. The molecule has 1 saturated heterocycles. The van der Waals surface area contributed by atoms with Gasteiger partial charge in [0.2, 0.25) is 0 Å². The molecule has 2 heterocycles. The molecule has 1 fully saturated rings. The summed E-state index contributed by atoms with van der Waals surface area (Å²) >= 11 is 3.05. The van der Waals surface area contributed by atoms with Gasteiger partial charge in [0.05, 0.1) is 31.7 Å². The highest BCUT2D eigenvalue weighted by Gasteiger charge is 2.14. The lowest BCUT2D eigenvalue weighted by Gasteiger charge is -2.23. The standard InChI is InChI=1S/C13H17BrN2O3/c14-11-8-10(9-19-13(11)18)12(17)15-4-7-16-5-2-1-3-6-16/h8-9H,1-7H2,(H,15,17)/p+1. The fourth-order valence-electron chi connectivity index (χ4n) is 2.28. The second kappa shape index (κ2) is 6.86. The van der Waals surface area contributed by atoms with Crippen LogP contribution in [0.3, 0.4) is 0 Å². The Hall–Kier alpha value is -1.14. The minimum atomic E-state index is -0.477. The van der Waals surface area contributed by atoms with Crippen molar-refractivity contribution in [3.05, 3.63) is 32.8 Å². The average molecular weight is 330 g/mol. The second-order valence-electron chi connectivity index (χ2n) is 4.79. The number of piperidine rings is 1. The first-order valence-electron chi connectivity index (χ1n) is 6.57. The van der Waals surface area contributed by atoms with Gasteiger partial charge in [0.1, 0.15) is 10.7 Å². The molecule has 1 aliphatic rings. The molecule has 1 aromatic heterocycles. The Morgan fingerprint density at radius 3 is 2.79 bits per heavy atom. The van der Waals surface area contributed by atoms with Crippen LogP contribution in [0.25, 0.3) is 0 Å². The van der Waals surface area contributed by atoms with Crippen molar-refractivity contribution in [3.63, 3.8) is 0 Å². The first kappa shape index (κ1) is 14.3. The Morgan fingerprint density at radius 2 is 2.11 bits per heavy atom. The molecule has 0 radical (unpaired) electrons. The third kappa shape index (κ3) is 4.18. The molecule has 19 heavy (non-hydrogen) atoms. The monoisotopic (exact) mass is 329 g/mol. The molecule has 5 nitrogen and oxygen atoms in total. The van der Waals surface area contributed by atoms with E-state index in [0.717, 1.165) is 6.54 Å². The van der Waals surface area contributed by atoms with E-state index >= 15 is 0 Å². The number of carbonyl (C=O) groups is 1. The molecule has 0 unspecified atom stereocenters. The van der Waals surface area contributed by atoms with Gasteiger partial charge < -0.3 is 14.6 Å². The number of halogens is 1. The van der Waals surface area contributed by atoms with Crippen molar-refractivity contribution in [2.75, 3.05) is 26.2 Å². The zero-order valence-electron chi connectivity index (χ0n) is 10.7.